The van der Waals surface area contributed by atoms with Gasteiger partial charge in [-0.2, -0.15) is 0 Å². The fourth-order valence-corrected chi connectivity index (χ4v) is 4.36. The van der Waals surface area contributed by atoms with Gasteiger partial charge in [-0.05, 0) is 42.9 Å². The van der Waals surface area contributed by atoms with Crippen LogP contribution in [0.2, 0.25) is 0 Å². The number of carbonyl (C=O) groups excluding carboxylic acids is 2. The number of amides is 1. The lowest BCUT2D eigenvalue weighted by atomic mass is 9.99. The van der Waals surface area contributed by atoms with Crippen LogP contribution in [0.25, 0.3) is 0 Å². The summed E-state index contributed by atoms with van der Waals surface area (Å²) < 4.78 is 0. The highest BCUT2D eigenvalue weighted by molar-refractivity contribution is 6.03. The van der Waals surface area contributed by atoms with Crippen LogP contribution in [-0.4, -0.2) is 42.3 Å². The summed E-state index contributed by atoms with van der Waals surface area (Å²) in [6.45, 7) is 4.38. The Labute approximate surface area is 131 Å². The zero-order valence-electron chi connectivity index (χ0n) is 13.1. The molecule has 0 radical (unpaired) electrons. The van der Waals surface area contributed by atoms with E-state index in [0.29, 0.717) is 18.2 Å². The third kappa shape index (κ3) is 2.04. The summed E-state index contributed by atoms with van der Waals surface area (Å²) in [5.41, 5.74) is 4.84. The van der Waals surface area contributed by atoms with Crippen molar-refractivity contribution in [2.24, 2.45) is 0 Å². The van der Waals surface area contributed by atoms with Gasteiger partial charge in [0.2, 0.25) is 5.91 Å². The predicted molar refractivity (Wildman–Crippen MR) is 85.4 cm³/mol. The highest BCUT2D eigenvalue weighted by Crippen LogP contribution is 2.39. The van der Waals surface area contributed by atoms with Gasteiger partial charge in [0, 0.05) is 50.3 Å². The number of aryl methyl sites for hydroxylation is 1. The first-order valence-corrected chi connectivity index (χ1v) is 8.35. The van der Waals surface area contributed by atoms with Crippen LogP contribution in [0.15, 0.2) is 12.1 Å². The molecule has 1 amide bonds. The zero-order chi connectivity index (χ0) is 15.3. The van der Waals surface area contributed by atoms with Crippen LogP contribution < -0.4 is 4.90 Å². The van der Waals surface area contributed by atoms with Gasteiger partial charge in [-0.3, -0.25) is 9.59 Å². The lowest BCUT2D eigenvalue weighted by Gasteiger charge is -2.37. The van der Waals surface area contributed by atoms with Gasteiger partial charge in [0.05, 0.1) is 0 Å². The predicted octanol–water partition coefficient (Wildman–Crippen LogP) is 2.19. The average molecular weight is 298 g/mol. The Bertz CT molecular complexity index is 645. The van der Waals surface area contributed by atoms with Gasteiger partial charge in [0.1, 0.15) is 0 Å². The first kappa shape index (κ1) is 13.8. The molecule has 116 valence electrons. The van der Waals surface area contributed by atoms with Gasteiger partial charge in [0.25, 0.3) is 0 Å². The molecule has 22 heavy (non-hydrogen) atoms. The molecule has 0 saturated carbocycles. The average Bonchev–Trinajstić information content (AvgIpc) is 3.11. The monoisotopic (exact) mass is 298 g/mol. The van der Waals surface area contributed by atoms with E-state index in [4.69, 9.17) is 0 Å². The van der Waals surface area contributed by atoms with Gasteiger partial charge >= 0.3 is 0 Å². The molecule has 2 aliphatic heterocycles. The molecule has 1 aromatic carbocycles. The molecular formula is C18H22N2O2. The second-order valence-electron chi connectivity index (χ2n) is 6.70. The van der Waals surface area contributed by atoms with Crippen molar-refractivity contribution in [3.8, 4) is 0 Å². The summed E-state index contributed by atoms with van der Waals surface area (Å²) in [5.74, 6) is 0.517. The number of hydrogen-bond donors (Lipinski definition) is 0. The Balaban J connectivity index is 1.58. The third-order valence-corrected chi connectivity index (χ3v) is 5.54. The quantitative estimate of drug-likeness (QED) is 0.798. The molecule has 0 spiro atoms. The lowest BCUT2D eigenvalue weighted by molar-refractivity contribution is -0.129. The SMILES string of the molecule is CC(=O)N1CCC(N2CCc3c2ccc2c3C(=O)CC2)CC1. The molecule has 3 aliphatic rings. The third-order valence-electron chi connectivity index (χ3n) is 5.54. The maximum absolute atomic E-state index is 12.2. The van der Waals surface area contributed by atoms with Gasteiger partial charge in [-0.15, -0.1) is 0 Å². The van der Waals surface area contributed by atoms with Crippen molar-refractivity contribution in [1.82, 2.24) is 4.90 Å². The normalized spacial score (nSPS) is 21.2. The Morgan fingerprint density at radius 2 is 1.86 bits per heavy atom. The van der Waals surface area contributed by atoms with Gasteiger partial charge < -0.3 is 9.80 Å². The molecule has 2 heterocycles. The van der Waals surface area contributed by atoms with Crippen LogP contribution >= 0.6 is 0 Å². The fourth-order valence-electron chi connectivity index (χ4n) is 4.36. The minimum absolute atomic E-state index is 0.184. The van der Waals surface area contributed by atoms with E-state index in [1.807, 2.05) is 4.90 Å². The number of carbonyl (C=O) groups is 2. The van der Waals surface area contributed by atoms with E-state index in [1.165, 1.54) is 16.8 Å². The van der Waals surface area contributed by atoms with Gasteiger partial charge in [-0.1, -0.05) is 6.07 Å². The molecule has 0 aromatic heterocycles. The molecule has 0 unspecified atom stereocenters. The van der Waals surface area contributed by atoms with Gasteiger partial charge in [-0.25, -0.2) is 0 Å². The molecule has 0 N–H and O–H groups in total. The molecule has 1 aliphatic carbocycles. The Hall–Kier alpha value is -1.84. The Morgan fingerprint density at radius 1 is 1.09 bits per heavy atom. The number of ketones is 1. The van der Waals surface area contributed by atoms with E-state index in [0.717, 1.165) is 50.9 Å². The van der Waals surface area contributed by atoms with Crippen molar-refractivity contribution in [3.05, 3.63) is 28.8 Å². The van der Waals surface area contributed by atoms with E-state index >= 15 is 0 Å². The maximum atomic E-state index is 12.2. The standard InChI is InChI=1S/C18H22N2O2/c1-12(21)19-9-6-14(7-10-19)20-11-8-15-16(20)4-2-13-3-5-17(22)18(13)15/h2,4,14H,3,5-11H2,1H3. The number of benzene rings is 1. The van der Waals surface area contributed by atoms with E-state index in [-0.39, 0.29) is 5.91 Å². The molecule has 4 nitrogen and oxygen atoms in total. The van der Waals surface area contributed by atoms with E-state index in [2.05, 4.69) is 17.0 Å². The highest BCUT2D eigenvalue weighted by Gasteiger charge is 2.34. The van der Waals surface area contributed by atoms with Crippen molar-refractivity contribution in [1.29, 1.82) is 0 Å². The number of hydrogen-bond acceptors (Lipinski definition) is 3. The lowest BCUT2D eigenvalue weighted by Crippen LogP contribution is -2.45. The highest BCUT2D eigenvalue weighted by atomic mass is 16.2. The van der Waals surface area contributed by atoms with Crippen LogP contribution in [0, 0.1) is 0 Å². The van der Waals surface area contributed by atoms with Crippen molar-refractivity contribution in [3.63, 3.8) is 0 Å². The van der Waals surface area contributed by atoms with Crippen molar-refractivity contribution in [2.75, 3.05) is 24.5 Å². The smallest absolute Gasteiger partial charge is 0.219 e. The van der Waals surface area contributed by atoms with Crippen molar-refractivity contribution < 1.29 is 9.59 Å². The molecule has 1 aromatic rings. The van der Waals surface area contributed by atoms with E-state index in [1.54, 1.807) is 6.92 Å². The molecule has 4 heteroatoms. The number of likely N-dealkylation sites (tertiary alicyclic amines) is 1. The molecule has 1 fully saturated rings. The second kappa shape index (κ2) is 5.11. The summed E-state index contributed by atoms with van der Waals surface area (Å²) in [4.78, 5) is 28.1. The minimum Gasteiger partial charge on any atom is -0.368 e. The second-order valence-corrected chi connectivity index (χ2v) is 6.70. The molecule has 0 bridgehead atoms. The fraction of sp³-hybridized carbons (Fsp3) is 0.556. The van der Waals surface area contributed by atoms with E-state index < -0.39 is 0 Å². The number of nitrogens with zero attached hydrogens (tertiary/aromatic N) is 2. The summed E-state index contributed by atoms with van der Waals surface area (Å²) in [7, 11) is 0. The van der Waals surface area contributed by atoms with E-state index in [9.17, 15) is 9.59 Å². The van der Waals surface area contributed by atoms with Crippen LogP contribution in [0.4, 0.5) is 5.69 Å². The molecule has 0 atom stereocenters. The molecular weight excluding hydrogens is 276 g/mol. The summed E-state index contributed by atoms with van der Waals surface area (Å²) in [5, 5.41) is 0. The molecule has 1 saturated heterocycles. The largest absolute Gasteiger partial charge is 0.368 e. The first-order chi connectivity index (χ1) is 10.6. The summed E-state index contributed by atoms with van der Waals surface area (Å²) in [6.07, 6.45) is 4.66. The number of rotatable bonds is 1. The first-order valence-electron chi connectivity index (χ1n) is 8.35. The topological polar surface area (TPSA) is 40.6 Å². The number of anilines is 1. The number of fused-ring (bicyclic) bond motifs is 3. The Kier molecular flexibility index (Phi) is 3.21. The van der Waals surface area contributed by atoms with Crippen LogP contribution in [0.5, 0.6) is 0 Å². The van der Waals surface area contributed by atoms with Crippen molar-refractivity contribution in [2.45, 2.75) is 45.1 Å². The van der Waals surface area contributed by atoms with Gasteiger partial charge in [0.15, 0.2) is 5.78 Å². The van der Waals surface area contributed by atoms with Crippen LogP contribution in [0.1, 0.15) is 47.7 Å². The van der Waals surface area contributed by atoms with Crippen molar-refractivity contribution >= 4 is 17.4 Å². The zero-order valence-corrected chi connectivity index (χ0v) is 13.1. The van der Waals surface area contributed by atoms with Crippen LogP contribution in [0.3, 0.4) is 0 Å². The maximum Gasteiger partial charge on any atom is 0.219 e. The number of piperidine rings is 1. The Morgan fingerprint density at radius 3 is 2.59 bits per heavy atom. The summed E-state index contributed by atoms with van der Waals surface area (Å²) >= 11 is 0. The number of Topliss-reactive ketones (excluding diaryl/α,β-unsaturated/α-hetero) is 1. The van der Waals surface area contributed by atoms with Crippen LogP contribution in [-0.2, 0) is 17.6 Å². The summed E-state index contributed by atoms with van der Waals surface area (Å²) in [6, 6.07) is 4.88. The minimum atomic E-state index is 0.184. The molecule has 4 rings (SSSR count).